The van der Waals surface area contributed by atoms with E-state index in [1.807, 2.05) is 38.1 Å². The molecule has 0 aliphatic heterocycles. The first-order valence-electron chi connectivity index (χ1n) is 5.64. The Balaban J connectivity index is 2.49. The zero-order valence-corrected chi connectivity index (χ0v) is 10.3. The molecule has 1 rings (SSSR count). The highest BCUT2D eigenvalue weighted by molar-refractivity contribution is 5.32. The lowest BCUT2D eigenvalue weighted by Crippen LogP contribution is -2.36. The quantitative estimate of drug-likeness (QED) is 0.774. The van der Waals surface area contributed by atoms with Crippen LogP contribution in [0.25, 0.3) is 0 Å². The van der Waals surface area contributed by atoms with Crippen molar-refractivity contribution in [1.29, 1.82) is 0 Å². The van der Waals surface area contributed by atoms with Gasteiger partial charge in [-0.2, -0.15) is 0 Å². The van der Waals surface area contributed by atoms with E-state index in [2.05, 4.69) is 5.32 Å². The zero-order chi connectivity index (χ0) is 12.0. The molecule has 0 aromatic heterocycles. The predicted molar refractivity (Wildman–Crippen MR) is 65.6 cm³/mol. The summed E-state index contributed by atoms with van der Waals surface area (Å²) in [5.74, 6) is 0.881. The van der Waals surface area contributed by atoms with Gasteiger partial charge in [-0.3, -0.25) is 0 Å². The van der Waals surface area contributed by atoms with E-state index in [0.29, 0.717) is 13.1 Å². The van der Waals surface area contributed by atoms with E-state index in [1.54, 1.807) is 7.11 Å². The van der Waals surface area contributed by atoms with Gasteiger partial charge in [0, 0.05) is 18.7 Å². The molecular formula is C13H21NO2. The van der Waals surface area contributed by atoms with E-state index in [-0.39, 0.29) is 0 Å². The second-order valence-corrected chi connectivity index (χ2v) is 4.27. The van der Waals surface area contributed by atoms with Gasteiger partial charge >= 0.3 is 0 Å². The highest BCUT2D eigenvalue weighted by atomic mass is 16.5. The van der Waals surface area contributed by atoms with Crippen molar-refractivity contribution in [2.45, 2.75) is 32.4 Å². The van der Waals surface area contributed by atoms with E-state index >= 15 is 0 Å². The summed E-state index contributed by atoms with van der Waals surface area (Å²) in [6.45, 7) is 5.11. The SMILES string of the molecule is CCC(C)(O)CNCc1ccccc1OC. The molecule has 0 radical (unpaired) electrons. The number of hydrogen-bond acceptors (Lipinski definition) is 3. The maximum absolute atomic E-state index is 9.83. The first kappa shape index (κ1) is 13.0. The van der Waals surface area contributed by atoms with Crippen molar-refractivity contribution in [3.63, 3.8) is 0 Å². The topological polar surface area (TPSA) is 41.5 Å². The molecule has 0 amide bonds. The molecule has 3 heteroatoms. The molecule has 0 aliphatic carbocycles. The van der Waals surface area contributed by atoms with Gasteiger partial charge in [-0.05, 0) is 19.4 Å². The molecule has 0 bridgehead atoms. The van der Waals surface area contributed by atoms with Crippen LogP contribution in [0.15, 0.2) is 24.3 Å². The van der Waals surface area contributed by atoms with Gasteiger partial charge in [0.15, 0.2) is 0 Å². The summed E-state index contributed by atoms with van der Waals surface area (Å²) in [6.07, 6.45) is 0.742. The molecule has 0 fully saturated rings. The van der Waals surface area contributed by atoms with Crippen LogP contribution in [0, 0.1) is 0 Å². The Kier molecular flexibility index (Phi) is 4.77. The minimum atomic E-state index is -0.637. The molecule has 0 saturated heterocycles. The van der Waals surface area contributed by atoms with Crippen LogP contribution in [0.5, 0.6) is 5.75 Å². The smallest absolute Gasteiger partial charge is 0.123 e. The Labute approximate surface area is 97.4 Å². The Bertz CT molecular complexity index is 323. The Morgan fingerprint density at radius 3 is 2.69 bits per heavy atom. The van der Waals surface area contributed by atoms with E-state index in [0.717, 1.165) is 17.7 Å². The standard InChI is InChI=1S/C13H21NO2/c1-4-13(2,15)10-14-9-11-7-5-6-8-12(11)16-3/h5-8,14-15H,4,9-10H2,1-3H3. The fourth-order valence-corrected chi connectivity index (χ4v) is 1.44. The molecule has 1 unspecified atom stereocenters. The lowest BCUT2D eigenvalue weighted by Gasteiger charge is -2.22. The number of hydrogen-bond donors (Lipinski definition) is 2. The van der Waals surface area contributed by atoms with Gasteiger partial charge in [0.2, 0.25) is 0 Å². The minimum absolute atomic E-state index is 0.585. The molecule has 16 heavy (non-hydrogen) atoms. The van der Waals surface area contributed by atoms with Crippen LogP contribution in [0.3, 0.4) is 0 Å². The van der Waals surface area contributed by atoms with Gasteiger partial charge in [0.05, 0.1) is 12.7 Å². The molecule has 1 aromatic carbocycles. The lowest BCUT2D eigenvalue weighted by atomic mass is 10.0. The highest BCUT2D eigenvalue weighted by Crippen LogP contribution is 2.17. The van der Waals surface area contributed by atoms with Gasteiger partial charge in [-0.15, -0.1) is 0 Å². The van der Waals surface area contributed by atoms with Crippen molar-refractivity contribution in [3.05, 3.63) is 29.8 Å². The molecule has 2 N–H and O–H groups in total. The fraction of sp³-hybridized carbons (Fsp3) is 0.538. The molecular weight excluding hydrogens is 202 g/mol. The van der Waals surface area contributed by atoms with Crippen molar-refractivity contribution < 1.29 is 9.84 Å². The third-order valence-corrected chi connectivity index (χ3v) is 2.78. The second-order valence-electron chi connectivity index (χ2n) is 4.27. The molecule has 0 aliphatic rings. The maximum Gasteiger partial charge on any atom is 0.123 e. The van der Waals surface area contributed by atoms with Crippen LogP contribution < -0.4 is 10.1 Å². The van der Waals surface area contributed by atoms with Gasteiger partial charge < -0.3 is 15.2 Å². The highest BCUT2D eigenvalue weighted by Gasteiger charge is 2.16. The van der Waals surface area contributed by atoms with Gasteiger partial charge in [0.25, 0.3) is 0 Å². The molecule has 1 aromatic rings. The van der Waals surface area contributed by atoms with E-state index < -0.39 is 5.60 Å². The molecule has 0 saturated carbocycles. The van der Waals surface area contributed by atoms with E-state index in [9.17, 15) is 5.11 Å². The Morgan fingerprint density at radius 1 is 1.38 bits per heavy atom. The van der Waals surface area contributed by atoms with Crippen molar-refractivity contribution >= 4 is 0 Å². The van der Waals surface area contributed by atoms with Crippen LogP contribution in [0.2, 0.25) is 0 Å². The molecule has 0 heterocycles. The van der Waals surface area contributed by atoms with Crippen LogP contribution in [-0.4, -0.2) is 24.4 Å². The third kappa shape index (κ3) is 3.83. The summed E-state index contributed by atoms with van der Waals surface area (Å²) in [6, 6.07) is 7.89. The second kappa shape index (κ2) is 5.87. The Hall–Kier alpha value is -1.06. The predicted octanol–water partition coefficient (Wildman–Crippen LogP) is 1.95. The first-order chi connectivity index (χ1) is 7.59. The number of ether oxygens (including phenoxy) is 1. The lowest BCUT2D eigenvalue weighted by molar-refractivity contribution is 0.0555. The van der Waals surface area contributed by atoms with Crippen molar-refractivity contribution in [2.24, 2.45) is 0 Å². The van der Waals surface area contributed by atoms with Crippen LogP contribution in [0.1, 0.15) is 25.8 Å². The number of methoxy groups -OCH3 is 1. The third-order valence-electron chi connectivity index (χ3n) is 2.78. The molecule has 3 nitrogen and oxygen atoms in total. The summed E-state index contributed by atoms with van der Waals surface area (Å²) in [4.78, 5) is 0. The average molecular weight is 223 g/mol. The normalized spacial score (nSPS) is 14.5. The zero-order valence-electron chi connectivity index (χ0n) is 10.3. The van der Waals surface area contributed by atoms with Crippen molar-refractivity contribution in [3.8, 4) is 5.75 Å². The van der Waals surface area contributed by atoms with E-state index in [1.165, 1.54) is 0 Å². The molecule has 1 atom stereocenters. The van der Waals surface area contributed by atoms with E-state index in [4.69, 9.17) is 4.74 Å². The first-order valence-corrected chi connectivity index (χ1v) is 5.64. The average Bonchev–Trinajstić information content (AvgIpc) is 2.29. The maximum atomic E-state index is 9.83. The molecule has 90 valence electrons. The van der Waals surface area contributed by atoms with Gasteiger partial charge in [-0.25, -0.2) is 0 Å². The van der Waals surface area contributed by atoms with Crippen LogP contribution >= 0.6 is 0 Å². The monoisotopic (exact) mass is 223 g/mol. The number of aliphatic hydroxyl groups is 1. The van der Waals surface area contributed by atoms with Gasteiger partial charge in [-0.1, -0.05) is 25.1 Å². The number of para-hydroxylation sites is 1. The Morgan fingerprint density at radius 2 is 2.06 bits per heavy atom. The number of benzene rings is 1. The summed E-state index contributed by atoms with van der Waals surface area (Å²) < 4.78 is 5.25. The van der Waals surface area contributed by atoms with Crippen molar-refractivity contribution in [2.75, 3.05) is 13.7 Å². The van der Waals surface area contributed by atoms with Crippen LogP contribution in [-0.2, 0) is 6.54 Å². The fourth-order valence-electron chi connectivity index (χ4n) is 1.44. The molecule has 0 spiro atoms. The van der Waals surface area contributed by atoms with Crippen LogP contribution in [0.4, 0.5) is 0 Å². The summed E-state index contributed by atoms with van der Waals surface area (Å²) >= 11 is 0. The largest absolute Gasteiger partial charge is 0.496 e. The summed E-state index contributed by atoms with van der Waals surface area (Å²) in [5, 5.41) is 13.1. The number of nitrogens with one attached hydrogen (secondary N) is 1. The van der Waals surface area contributed by atoms with Crippen molar-refractivity contribution in [1.82, 2.24) is 5.32 Å². The summed E-state index contributed by atoms with van der Waals surface area (Å²) in [7, 11) is 1.67. The summed E-state index contributed by atoms with van der Waals surface area (Å²) in [5.41, 5.74) is 0.471. The minimum Gasteiger partial charge on any atom is -0.496 e. The van der Waals surface area contributed by atoms with Gasteiger partial charge in [0.1, 0.15) is 5.75 Å². The number of rotatable bonds is 6.